The number of hydrogen-bond acceptors (Lipinski definition) is 7. The summed E-state index contributed by atoms with van der Waals surface area (Å²) in [6.07, 6.45) is 0. The van der Waals surface area contributed by atoms with Crippen LogP contribution < -0.4 is 14.8 Å². The van der Waals surface area contributed by atoms with Crippen LogP contribution in [-0.4, -0.2) is 51.7 Å². The predicted octanol–water partition coefficient (Wildman–Crippen LogP) is 3.72. The molecule has 0 saturated heterocycles. The van der Waals surface area contributed by atoms with Gasteiger partial charge in [-0.3, -0.25) is 4.79 Å². The lowest BCUT2D eigenvalue weighted by atomic mass is 10.2. The molecule has 0 unspecified atom stereocenters. The van der Waals surface area contributed by atoms with Crippen molar-refractivity contribution in [3.05, 3.63) is 66.2 Å². The first kappa shape index (κ1) is 21.6. The van der Waals surface area contributed by atoms with Crippen LogP contribution in [0.4, 0.5) is 0 Å². The maximum absolute atomic E-state index is 12.5. The van der Waals surface area contributed by atoms with E-state index in [1.54, 1.807) is 35.5 Å². The number of thioether (sulfide) groups is 1. The first-order valence-electron chi connectivity index (χ1n) is 10.2. The van der Waals surface area contributed by atoms with E-state index in [0.29, 0.717) is 29.5 Å². The van der Waals surface area contributed by atoms with E-state index in [2.05, 4.69) is 27.5 Å². The summed E-state index contributed by atoms with van der Waals surface area (Å²) >= 11 is 1.65. The number of aromatic nitrogens is 4. The van der Waals surface area contributed by atoms with Crippen molar-refractivity contribution in [2.75, 3.05) is 26.0 Å². The van der Waals surface area contributed by atoms with Gasteiger partial charge in [0.25, 0.3) is 5.91 Å². The van der Waals surface area contributed by atoms with Gasteiger partial charge < -0.3 is 14.8 Å². The molecule has 0 aliphatic carbocycles. The molecule has 0 radical (unpaired) electrons. The minimum atomic E-state index is -0.118. The van der Waals surface area contributed by atoms with Crippen LogP contribution in [0.15, 0.2) is 65.6 Å². The summed E-state index contributed by atoms with van der Waals surface area (Å²) in [5.41, 5.74) is 2.11. The van der Waals surface area contributed by atoms with E-state index in [1.807, 2.05) is 48.5 Å². The lowest BCUT2D eigenvalue weighted by molar-refractivity contribution is 0.0943. The van der Waals surface area contributed by atoms with Gasteiger partial charge in [-0.25, -0.2) is 0 Å². The molecular formula is C23H23N5O3S. The zero-order valence-electron chi connectivity index (χ0n) is 17.8. The highest BCUT2D eigenvalue weighted by molar-refractivity contribution is 7.99. The number of carbonyl (C=O) groups excluding carboxylic acids is 1. The average Bonchev–Trinajstić information content (AvgIpc) is 3.25. The molecule has 0 aliphatic heterocycles. The van der Waals surface area contributed by atoms with E-state index in [-0.39, 0.29) is 12.5 Å². The van der Waals surface area contributed by atoms with Crippen molar-refractivity contribution in [2.24, 2.45) is 0 Å². The molecule has 8 nitrogen and oxygen atoms in total. The Bertz CT molecular complexity index is 1230. The summed E-state index contributed by atoms with van der Waals surface area (Å²) in [7, 11) is 1.62. The molecule has 2 heterocycles. The lowest BCUT2D eigenvalue weighted by Gasteiger charge is -2.10. The monoisotopic (exact) mass is 449 g/mol. The van der Waals surface area contributed by atoms with Crippen LogP contribution in [-0.2, 0) is 0 Å². The number of ether oxygens (including phenoxy) is 2. The number of carbonyl (C=O) groups is 1. The normalized spacial score (nSPS) is 10.8. The second kappa shape index (κ2) is 10.1. The van der Waals surface area contributed by atoms with E-state index in [0.717, 1.165) is 22.0 Å². The zero-order valence-corrected chi connectivity index (χ0v) is 18.6. The van der Waals surface area contributed by atoms with Gasteiger partial charge in [-0.1, -0.05) is 31.2 Å². The molecule has 4 aromatic rings. The third-order valence-electron chi connectivity index (χ3n) is 4.64. The van der Waals surface area contributed by atoms with Crippen LogP contribution >= 0.6 is 11.8 Å². The molecule has 0 fully saturated rings. The maximum Gasteiger partial charge on any atom is 0.252 e. The standard InChI is InChI=1S/C23H23N5O3S/c1-3-32-19-10-5-4-9-18(19)23(29)24-13-14-31-21-12-11-20-25-26-22(28(20)27-21)16-7-6-8-17(15-16)30-2/h4-12,15H,3,13-14H2,1-2H3,(H,24,29). The summed E-state index contributed by atoms with van der Waals surface area (Å²) < 4.78 is 12.7. The molecule has 0 atom stereocenters. The summed E-state index contributed by atoms with van der Waals surface area (Å²) in [6.45, 7) is 2.70. The lowest BCUT2D eigenvalue weighted by Crippen LogP contribution is -2.28. The van der Waals surface area contributed by atoms with Crippen LogP contribution in [0.5, 0.6) is 11.6 Å². The number of rotatable bonds is 9. The molecule has 0 bridgehead atoms. The molecule has 2 aromatic heterocycles. The average molecular weight is 450 g/mol. The number of nitrogens with zero attached hydrogens (tertiary/aromatic N) is 4. The zero-order chi connectivity index (χ0) is 22.3. The van der Waals surface area contributed by atoms with E-state index in [1.165, 1.54) is 0 Å². The number of amides is 1. The molecule has 2 aromatic carbocycles. The fourth-order valence-corrected chi connectivity index (χ4v) is 3.94. The Labute approximate surface area is 190 Å². The van der Waals surface area contributed by atoms with Gasteiger partial charge in [-0.15, -0.1) is 27.1 Å². The van der Waals surface area contributed by atoms with Gasteiger partial charge in [-0.05, 0) is 36.1 Å². The Hall–Kier alpha value is -3.59. The minimum absolute atomic E-state index is 0.118. The Kier molecular flexibility index (Phi) is 6.86. The number of methoxy groups -OCH3 is 1. The Morgan fingerprint density at radius 2 is 1.97 bits per heavy atom. The Morgan fingerprint density at radius 1 is 1.09 bits per heavy atom. The van der Waals surface area contributed by atoms with Crippen LogP contribution in [0.1, 0.15) is 17.3 Å². The minimum Gasteiger partial charge on any atom is -0.497 e. The van der Waals surface area contributed by atoms with Crippen molar-refractivity contribution in [3.63, 3.8) is 0 Å². The Morgan fingerprint density at radius 3 is 2.81 bits per heavy atom. The molecule has 1 amide bonds. The predicted molar refractivity (Wildman–Crippen MR) is 123 cm³/mol. The van der Waals surface area contributed by atoms with Crippen molar-refractivity contribution in [3.8, 4) is 23.0 Å². The van der Waals surface area contributed by atoms with Crippen molar-refractivity contribution < 1.29 is 14.3 Å². The largest absolute Gasteiger partial charge is 0.497 e. The maximum atomic E-state index is 12.5. The molecule has 0 spiro atoms. The Balaban J connectivity index is 1.40. The quantitative estimate of drug-likeness (QED) is 0.308. The topological polar surface area (TPSA) is 90.6 Å². The van der Waals surface area contributed by atoms with Crippen LogP contribution in [0.3, 0.4) is 0 Å². The van der Waals surface area contributed by atoms with Crippen LogP contribution in [0.2, 0.25) is 0 Å². The van der Waals surface area contributed by atoms with Crippen molar-refractivity contribution in [1.29, 1.82) is 0 Å². The first-order valence-corrected chi connectivity index (χ1v) is 11.2. The summed E-state index contributed by atoms with van der Waals surface area (Å²) in [5, 5.41) is 15.8. The van der Waals surface area contributed by atoms with Gasteiger partial charge >= 0.3 is 0 Å². The number of fused-ring (bicyclic) bond motifs is 1. The van der Waals surface area contributed by atoms with E-state index in [9.17, 15) is 4.79 Å². The van der Waals surface area contributed by atoms with Crippen molar-refractivity contribution in [2.45, 2.75) is 11.8 Å². The van der Waals surface area contributed by atoms with Gasteiger partial charge in [0.2, 0.25) is 5.88 Å². The molecule has 1 N–H and O–H groups in total. The van der Waals surface area contributed by atoms with E-state index < -0.39 is 0 Å². The summed E-state index contributed by atoms with van der Waals surface area (Å²) in [5.74, 6) is 2.51. The molecular weight excluding hydrogens is 426 g/mol. The third-order valence-corrected chi connectivity index (χ3v) is 5.59. The molecule has 9 heteroatoms. The van der Waals surface area contributed by atoms with Gasteiger partial charge in [0.1, 0.15) is 12.4 Å². The molecule has 164 valence electrons. The summed E-state index contributed by atoms with van der Waals surface area (Å²) in [4.78, 5) is 13.5. The number of hydrogen-bond donors (Lipinski definition) is 1. The second-order valence-electron chi connectivity index (χ2n) is 6.73. The molecule has 0 aliphatic rings. The fraction of sp³-hybridized carbons (Fsp3) is 0.217. The van der Waals surface area contributed by atoms with E-state index >= 15 is 0 Å². The highest BCUT2D eigenvalue weighted by atomic mass is 32.2. The number of nitrogens with one attached hydrogen (secondary N) is 1. The first-order chi connectivity index (χ1) is 15.7. The highest BCUT2D eigenvalue weighted by Gasteiger charge is 2.12. The second-order valence-corrected chi connectivity index (χ2v) is 8.04. The number of benzene rings is 2. The third kappa shape index (κ3) is 4.83. The highest BCUT2D eigenvalue weighted by Crippen LogP contribution is 2.23. The van der Waals surface area contributed by atoms with Gasteiger partial charge in [0, 0.05) is 16.5 Å². The van der Waals surface area contributed by atoms with Crippen molar-refractivity contribution in [1.82, 2.24) is 25.1 Å². The summed E-state index contributed by atoms with van der Waals surface area (Å²) in [6, 6.07) is 18.6. The van der Waals surface area contributed by atoms with Crippen LogP contribution in [0.25, 0.3) is 17.0 Å². The molecule has 4 rings (SSSR count). The van der Waals surface area contributed by atoms with Gasteiger partial charge in [0.15, 0.2) is 11.5 Å². The van der Waals surface area contributed by atoms with Gasteiger partial charge in [-0.2, -0.15) is 4.52 Å². The van der Waals surface area contributed by atoms with E-state index in [4.69, 9.17) is 9.47 Å². The molecule has 0 saturated carbocycles. The smallest absolute Gasteiger partial charge is 0.252 e. The van der Waals surface area contributed by atoms with Crippen LogP contribution in [0, 0.1) is 0 Å². The van der Waals surface area contributed by atoms with Gasteiger partial charge in [0.05, 0.1) is 19.2 Å². The molecule has 32 heavy (non-hydrogen) atoms. The SMILES string of the molecule is CCSc1ccccc1C(=O)NCCOc1ccc2nnc(-c3cccc(OC)c3)n2n1. The van der Waals surface area contributed by atoms with Crippen molar-refractivity contribution >= 4 is 23.3 Å². The fourth-order valence-electron chi connectivity index (χ4n) is 3.14.